The molecule has 1 fully saturated rings. The second kappa shape index (κ2) is 6.58. The quantitative estimate of drug-likeness (QED) is 0.920. The first kappa shape index (κ1) is 15.3. The highest BCUT2D eigenvalue weighted by Gasteiger charge is 2.27. The van der Waals surface area contributed by atoms with Gasteiger partial charge in [0.2, 0.25) is 0 Å². The molecule has 1 aromatic heterocycles. The van der Waals surface area contributed by atoms with E-state index >= 15 is 0 Å². The number of rotatable bonds is 4. The summed E-state index contributed by atoms with van der Waals surface area (Å²) in [4.78, 5) is 1.10. The van der Waals surface area contributed by atoms with Crippen molar-refractivity contribution in [1.29, 1.82) is 0 Å². The number of thioether (sulfide) groups is 1. The normalized spacial score (nSPS) is 18.4. The molecule has 108 valence electrons. The van der Waals surface area contributed by atoms with Gasteiger partial charge in [-0.25, -0.2) is 8.42 Å². The number of nitrogens with zero attached hydrogens (tertiary/aromatic N) is 1. The third-order valence-electron chi connectivity index (χ3n) is 3.11. The first-order chi connectivity index (χ1) is 9.05. The van der Waals surface area contributed by atoms with Crippen molar-refractivity contribution >= 4 is 33.1 Å². The van der Waals surface area contributed by atoms with E-state index in [-0.39, 0.29) is 0 Å². The second-order valence-corrected chi connectivity index (χ2v) is 9.10. The van der Waals surface area contributed by atoms with E-state index in [4.69, 9.17) is 0 Å². The van der Waals surface area contributed by atoms with Gasteiger partial charge in [0.05, 0.1) is 0 Å². The maximum atomic E-state index is 12.6. The van der Waals surface area contributed by atoms with E-state index in [9.17, 15) is 8.42 Å². The van der Waals surface area contributed by atoms with Gasteiger partial charge in [0.1, 0.15) is 4.21 Å². The molecule has 0 amide bonds. The van der Waals surface area contributed by atoms with Crippen LogP contribution in [0.2, 0.25) is 0 Å². The number of thiophene rings is 1. The standard InChI is InChI=1S/C12H20N2O2S3/c1-10-8-12(18-11(10)9-13-2)19(15,16)14-4-3-6-17-7-5-14/h8,13H,3-7,9H2,1-2H3. The zero-order valence-corrected chi connectivity index (χ0v) is 13.8. The summed E-state index contributed by atoms with van der Waals surface area (Å²) in [5.41, 5.74) is 1.06. The Morgan fingerprint density at radius 2 is 2.16 bits per heavy atom. The molecular formula is C12H20N2O2S3. The van der Waals surface area contributed by atoms with Gasteiger partial charge in [-0.15, -0.1) is 11.3 Å². The fourth-order valence-corrected chi connectivity index (χ4v) is 6.28. The SMILES string of the molecule is CNCc1sc(S(=O)(=O)N2CCCSCC2)cc1C. The fraction of sp³-hybridized carbons (Fsp3) is 0.667. The van der Waals surface area contributed by atoms with E-state index in [0.29, 0.717) is 17.3 Å². The molecule has 1 aliphatic rings. The molecule has 0 aliphatic carbocycles. The lowest BCUT2D eigenvalue weighted by Crippen LogP contribution is -2.32. The summed E-state index contributed by atoms with van der Waals surface area (Å²) < 4.78 is 27.4. The maximum Gasteiger partial charge on any atom is 0.252 e. The van der Waals surface area contributed by atoms with Crippen LogP contribution in [0.5, 0.6) is 0 Å². The van der Waals surface area contributed by atoms with Gasteiger partial charge in [0.25, 0.3) is 10.0 Å². The van der Waals surface area contributed by atoms with Gasteiger partial charge in [0.15, 0.2) is 0 Å². The maximum absolute atomic E-state index is 12.6. The topological polar surface area (TPSA) is 49.4 Å². The minimum Gasteiger partial charge on any atom is -0.315 e. The molecule has 0 saturated carbocycles. The van der Waals surface area contributed by atoms with E-state index in [1.165, 1.54) is 11.3 Å². The Labute approximate surface area is 123 Å². The minimum atomic E-state index is -3.29. The van der Waals surface area contributed by atoms with Crippen molar-refractivity contribution in [2.75, 3.05) is 31.6 Å². The van der Waals surface area contributed by atoms with Crippen molar-refractivity contribution in [3.05, 3.63) is 16.5 Å². The summed E-state index contributed by atoms with van der Waals surface area (Å²) in [5.74, 6) is 1.95. The highest BCUT2D eigenvalue weighted by molar-refractivity contribution is 7.99. The van der Waals surface area contributed by atoms with Crippen molar-refractivity contribution in [3.8, 4) is 0 Å². The molecule has 0 aromatic carbocycles. The van der Waals surface area contributed by atoms with Crippen molar-refractivity contribution in [2.45, 2.75) is 24.1 Å². The van der Waals surface area contributed by atoms with Crippen LogP contribution in [0.4, 0.5) is 0 Å². The van der Waals surface area contributed by atoms with Gasteiger partial charge in [-0.05, 0) is 37.8 Å². The Morgan fingerprint density at radius 1 is 1.37 bits per heavy atom. The smallest absolute Gasteiger partial charge is 0.252 e. The van der Waals surface area contributed by atoms with E-state index < -0.39 is 10.0 Å². The Kier molecular flexibility index (Phi) is 5.30. The van der Waals surface area contributed by atoms with Gasteiger partial charge in [-0.2, -0.15) is 16.1 Å². The van der Waals surface area contributed by atoms with Crippen LogP contribution in [0.1, 0.15) is 16.9 Å². The van der Waals surface area contributed by atoms with Gasteiger partial charge >= 0.3 is 0 Å². The van der Waals surface area contributed by atoms with Crippen molar-refractivity contribution in [3.63, 3.8) is 0 Å². The van der Waals surface area contributed by atoms with Crippen LogP contribution in [0.25, 0.3) is 0 Å². The van der Waals surface area contributed by atoms with Crippen molar-refractivity contribution in [1.82, 2.24) is 9.62 Å². The van der Waals surface area contributed by atoms with Crippen LogP contribution in [0.3, 0.4) is 0 Å². The van der Waals surface area contributed by atoms with E-state index in [2.05, 4.69) is 5.32 Å². The first-order valence-electron chi connectivity index (χ1n) is 6.37. The van der Waals surface area contributed by atoms with E-state index in [0.717, 1.165) is 34.9 Å². The van der Waals surface area contributed by atoms with E-state index in [1.54, 1.807) is 4.31 Å². The van der Waals surface area contributed by atoms with Gasteiger partial charge in [-0.3, -0.25) is 0 Å². The van der Waals surface area contributed by atoms with Crippen LogP contribution in [-0.2, 0) is 16.6 Å². The Hall–Kier alpha value is -0.0800. The van der Waals surface area contributed by atoms with E-state index in [1.807, 2.05) is 31.8 Å². The lowest BCUT2D eigenvalue weighted by atomic mass is 10.3. The molecule has 0 spiro atoms. The molecule has 1 aliphatic heterocycles. The zero-order chi connectivity index (χ0) is 13.9. The lowest BCUT2D eigenvalue weighted by molar-refractivity contribution is 0.436. The molecule has 1 saturated heterocycles. The lowest BCUT2D eigenvalue weighted by Gasteiger charge is -2.18. The summed E-state index contributed by atoms with van der Waals surface area (Å²) in [6.07, 6.45) is 0.942. The van der Waals surface area contributed by atoms with Crippen molar-refractivity contribution < 1.29 is 8.42 Å². The highest BCUT2D eigenvalue weighted by Crippen LogP contribution is 2.29. The molecule has 0 unspecified atom stereocenters. The highest BCUT2D eigenvalue weighted by atomic mass is 32.2. The summed E-state index contributed by atoms with van der Waals surface area (Å²) >= 11 is 3.23. The van der Waals surface area contributed by atoms with Crippen LogP contribution in [-0.4, -0.2) is 44.4 Å². The van der Waals surface area contributed by atoms with Crippen LogP contribution in [0.15, 0.2) is 10.3 Å². The predicted molar refractivity (Wildman–Crippen MR) is 82.5 cm³/mol. The van der Waals surface area contributed by atoms with Crippen LogP contribution >= 0.6 is 23.1 Å². The van der Waals surface area contributed by atoms with Crippen LogP contribution in [0, 0.1) is 6.92 Å². The fourth-order valence-electron chi connectivity index (χ4n) is 2.04. The number of hydrogen-bond donors (Lipinski definition) is 1. The van der Waals surface area contributed by atoms with Crippen molar-refractivity contribution in [2.24, 2.45) is 0 Å². The molecule has 2 heterocycles. The van der Waals surface area contributed by atoms with Gasteiger partial charge in [-0.1, -0.05) is 0 Å². The summed E-state index contributed by atoms with van der Waals surface area (Å²) in [7, 11) is -1.42. The number of aryl methyl sites for hydroxylation is 1. The molecule has 1 aromatic rings. The molecule has 1 N–H and O–H groups in total. The third-order valence-corrected chi connectivity index (χ3v) is 7.74. The average Bonchev–Trinajstić information content (AvgIpc) is 2.61. The minimum absolute atomic E-state index is 0.488. The Bertz CT molecular complexity index is 517. The zero-order valence-electron chi connectivity index (χ0n) is 11.3. The molecule has 7 heteroatoms. The third kappa shape index (κ3) is 3.52. The summed E-state index contributed by atoms with van der Waals surface area (Å²) in [6, 6.07) is 1.81. The predicted octanol–water partition coefficient (Wildman–Crippen LogP) is 1.90. The number of sulfonamides is 1. The molecule has 4 nitrogen and oxygen atoms in total. The molecule has 2 rings (SSSR count). The summed E-state index contributed by atoms with van der Waals surface area (Å²) in [5, 5.41) is 3.08. The first-order valence-corrected chi connectivity index (χ1v) is 9.78. The molecule has 0 bridgehead atoms. The van der Waals surface area contributed by atoms with Crippen LogP contribution < -0.4 is 5.32 Å². The Morgan fingerprint density at radius 3 is 2.89 bits per heavy atom. The monoisotopic (exact) mass is 320 g/mol. The van der Waals surface area contributed by atoms with Gasteiger partial charge in [0, 0.05) is 30.3 Å². The Balaban J connectivity index is 2.25. The molecule has 0 atom stereocenters. The average molecular weight is 321 g/mol. The number of nitrogens with one attached hydrogen (secondary N) is 1. The number of hydrogen-bond acceptors (Lipinski definition) is 5. The second-order valence-electron chi connectivity index (χ2n) is 4.57. The summed E-state index contributed by atoms with van der Waals surface area (Å²) in [6.45, 7) is 3.97. The van der Waals surface area contributed by atoms with Gasteiger partial charge < -0.3 is 5.32 Å². The molecule has 0 radical (unpaired) electrons. The largest absolute Gasteiger partial charge is 0.315 e. The molecule has 19 heavy (non-hydrogen) atoms. The molecular weight excluding hydrogens is 300 g/mol.